The van der Waals surface area contributed by atoms with E-state index in [0.29, 0.717) is 11.4 Å². The van der Waals surface area contributed by atoms with Crippen molar-refractivity contribution in [3.63, 3.8) is 0 Å². The number of benzene rings is 1. The number of rotatable bonds is 4. The molecule has 0 aliphatic carbocycles. The molecule has 0 aliphatic heterocycles. The number of nitrogens with zero attached hydrogens (tertiary/aromatic N) is 1. The summed E-state index contributed by atoms with van der Waals surface area (Å²) in [6.07, 6.45) is 1.62. The minimum absolute atomic E-state index is 0.202. The third-order valence-corrected chi connectivity index (χ3v) is 2.57. The Kier molecular flexibility index (Phi) is 3.74. The van der Waals surface area contributed by atoms with E-state index in [0.717, 1.165) is 5.56 Å². The molecule has 0 atom stereocenters. The molecule has 0 saturated heterocycles. The number of halogens is 1. The second-order valence-electron chi connectivity index (χ2n) is 3.83. The minimum atomic E-state index is -0.344. The summed E-state index contributed by atoms with van der Waals surface area (Å²) in [6.45, 7) is 1.90. The van der Waals surface area contributed by atoms with E-state index >= 15 is 0 Å². The maximum absolute atomic E-state index is 13.7. The molecule has 0 spiro atoms. The van der Waals surface area contributed by atoms with E-state index in [9.17, 15) is 4.39 Å². The largest absolute Gasteiger partial charge is 0.486 e. The molecule has 0 fully saturated rings. The van der Waals surface area contributed by atoms with Gasteiger partial charge in [-0.1, -0.05) is 18.2 Å². The van der Waals surface area contributed by atoms with Gasteiger partial charge >= 0.3 is 0 Å². The van der Waals surface area contributed by atoms with Gasteiger partial charge in [0.25, 0.3) is 0 Å². The maximum Gasteiger partial charge on any atom is 0.167 e. The molecular weight excluding hydrogens is 233 g/mol. The number of nitrogen functional groups attached to an aromatic ring is 1. The Balaban J connectivity index is 2.14. The highest BCUT2D eigenvalue weighted by Crippen LogP contribution is 2.21. The van der Waals surface area contributed by atoms with Crippen molar-refractivity contribution in [1.29, 1.82) is 0 Å². The Bertz CT molecular complexity index is 546. The number of hydrogen-bond acceptors (Lipinski definition) is 4. The van der Waals surface area contributed by atoms with Crippen LogP contribution in [0.2, 0.25) is 0 Å². The van der Waals surface area contributed by atoms with Gasteiger partial charge in [0.1, 0.15) is 12.4 Å². The van der Waals surface area contributed by atoms with E-state index in [-0.39, 0.29) is 18.2 Å². The number of pyridine rings is 1. The molecule has 0 amide bonds. The molecule has 0 bridgehead atoms. The molecule has 2 aromatic rings. The number of anilines is 1. The Morgan fingerprint density at radius 1 is 1.33 bits per heavy atom. The Hall–Kier alpha value is -2.14. The summed E-state index contributed by atoms with van der Waals surface area (Å²) < 4.78 is 19.1. The first-order valence-electron chi connectivity index (χ1n) is 5.51. The lowest BCUT2D eigenvalue weighted by Gasteiger charge is -2.10. The van der Waals surface area contributed by atoms with Crippen LogP contribution >= 0.6 is 0 Å². The van der Waals surface area contributed by atoms with Crippen LogP contribution in [0.25, 0.3) is 0 Å². The summed E-state index contributed by atoms with van der Waals surface area (Å²) in [5, 5.41) is 0. The molecule has 2 rings (SSSR count). The second kappa shape index (κ2) is 5.46. The summed E-state index contributed by atoms with van der Waals surface area (Å²) in [5.74, 6) is 5.73. The van der Waals surface area contributed by atoms with Crippen LogP contribution in [-0.4, -0.2) is 4.98 Å². The summed E-state index contributed by atoms with van der Waals surface area (Å²) in [5.41, 5.74) is 3.79. The molecule has 0 unspecified atom stereocenters. The second-order valence-corrected chi connectivity index (χ2v) is 3.83. The molecule has 0 saturated carbocycles. The third-order valence-electron chi connectivity index (χ3n) is 2.57. The monoisotopic (exact) mass is 247 g/mol. The molecule has 18 heavy (non-hydrogen) atoms. The van der Waals surface area contributed by atoms with Crippen LogP contribution in [0.1, 0.15) is 11.1 Å². The molecule has 0 aliphatic rings. The number of aryl methyl sites for hydroxylation is 1. The summed E-state index contributed by atoms with van der Waals surface area (Å²) in [7, 11) is 0. The molecule has 94 valence electrons. The zero-order valence-corrected chi connectivity index (χ0v) is 9.98. The van der Waals surface area contributed by atoms with Gasteiger partial charge in [-0.2, -0.15) is 0 Å². The average Bonchev–Trinajstić information content (AvgIpc) is 2.41. The fourth-order valence-corrected chi connectivity index (χ4v) is 1.57. The van der Waals surface area contributed by atoms with Crippen LogP contribution in [0.5, 0.6) is 5.75 Å². The average molecular weight is 247 g/mol. The molecule has 1 heterocycles. The molecule has 4 nitrogen and oxygen atoms in total. The highest BCUT2D eigenvalue weighted by molar-refractivity contribution is 5.42. The molecule has 1 aromatic carbocycles. The van der Waals surface area contributed by atoms with Gasteiger partial charge in [-0.25, -0.2) is 15.2 Å². The van der Waals surface area contributed by atoms with Crippen LogP contribution in [0, 0.1) is 12.7 Å². The fourth-order valence-electron chi connectivity index (χ4n) is 1.57. The minimum Gasteiger partial charge on any atom is -0.486 e. The van der Waals surface area contributed by atoms with Crippen molar-refractivity contribution in [2.45, 2.75) is 13.5 Å². The van der Waals surface area contributed by atoms with E-state index in [1.165, 1.54) is 0 Å². The van der Waals surface area contributed by atoms with Crippen LogP contribution in [0.3, 0.4) is 0 Å². The number of hydrazine groups is 1. The van der Waals surface area contributed by atoms with Gasteiger partial charge in [0.15, 0.2) is 11.6 Å². The van der Waals surface area contributed by atoms with E-state index < -0.39 is 0 Å². The summed E-state index contributed by atoms with van der Waals surface area (Å²) in [4.78, 5) is 4.04. The SMILES string of the molecule is Cc1cccc(OCc2cccnc2NN)c1F. The Labute approximate surface area is 105 Å². The van der Waals surface area contributed by atoms with Gasteiger partial charge in [0.05, 0.1) is 0 Å². The lowest BCUT2D eigenvalue weighted by molar-refractivity contribution is 0.290. The zero-order chi connectivity index (χ0) is 13.0. The maximum atomic E-state index is 13.7. The third kappa shape index (κ3) is 2.57. The Morgan fingerprint density at radius 2 is 2.17 bits per heavy atom. The first-order valence-corrected chi connectivity index (χ1v) is 5.51. The number of nitrogens with two attached hydrogens (primary N) is 1. The predicted molar refractivity (Wildman–Crippen MR) is 67.5 cm³/mol. The van der Waals surface area contributed by atoms with Gasteiger partial charge in [-0.15, -0.1) is 0 Å². The summed E-state index contributed by atoms with van der Waals surface area (Å²) in [6, 6.07) is 8.62. The van der Waals surface area contributed by atoms with E-state index in [4.69, 9.17) is 10.6 Å². The molecule has 1 aromatic heterocycles. The van der Waals surface area contributed by atoms with Gasteiger partial charge < -0.3 is 10.2 Å². The van der Waals surface area contributed by atoms with Crippen molar-refractivity contribution in [1.82, 2.24) is 4.98 Å². The number of nitrogens with one attached hydrogen (secondary N) is 1. The lowest BCUT2D eigenvalue weighted by Crippen LogP contribution is -2.12. The van der Waals surface area contributed by atoms with Crippen molar-refractivity contribution in [2.75, 3.05) is 5.43 Å². The highest BCUT2D eigenvalue weighted by Gasteiger charge is 2.07. The van der Waals surface area contributed by atoms with Crippen LogP contribution < -0.4 is 16.0 Å². The van der Waals surface area contributed by atoms with Gasteiger partial charge in [0.2, 0.25) is 0 Å². The van der Waals surface area contributed by atoms with Crippen LogP contribution in [0.4, 0.5) is 10.2 Å². The normalized spacial score (nSPS) is 10.2. The molecule has 3 N–H and O–H groups in total. The van der Waals surface area contributed by atoms with Crippen molar-refractivity contribution in [2.24, 2.45) is 5.84 Å². The van der Waals surface area contributed by atoms with Gasteiger partial charge in [-0.3, -0.25) is 0 Å². The number of ether oxygens (including phenoxy) is 1. The topological polar surface area (TPSA) is 60.2 Å². The molecule has 0 radical (unpaired) electrons. The predicted octanol–water partition coefficient (Wildman–Crippen LogP) is 2.39. The smallest absolute Gasteiger partial charge is 0.167 e. The van der Waals surface area contributed by atoms with Crippen molar-refractivity contribution in [3.8, 4) is 5.75 Å². The van der Waals surface area contributed by atoms with E-state index in [2.05, 4.69) is 10.4 Å². The van der Waals surface area contributed by atoms with E-state index in [1.807, 2.05) is 6.07 Å². The van der Waals surface area contributed by atoms with Crippen molar-refractivity contribution < 1.29 is 9.13 Å². The fraction of sp³-hybridized carbons (Fsp3) is 0.154. The molecular formula is C13H14FN3O. The van der Waals surface area contributed by atoms with Crippen molar-refractivity contribution >= 4 is 5.82 Å². The summed E-state index contributed by atoms with van der Waals surface area (Å²) >= 11 is 0. The van der Waals surface area contributed by atoms with Crippen molar-refractivity contribution in [3.05, 3.63) is 53.5 Å². The van der Waals surface area contributed by atoms with Gasteiger partial charge in [-0.05, 0) is 24.6 Å². The quantitative estimate of drug-likeness (QED) is 0.643. The van der Waals surface area contributed by atoms with Gasteiger partial charge in [0, 0.05) is 11.8 Å². The highest BCUT2D eigenvalue weighted by atomic mass is 19.1. The Morgan fingerprint density at radius 3 is 2.94 bits per heavy atom. The van der Waals surface area contributed by atoms with Crippen LogP contribution in [-0.2, 0) is 6.61 Å². The zero-order valence-electron chi connectivity index (χ0n) is 9.98. The molecule has 5 heteroatoms. The lowest BCUT2D eigenvalue weighted by atomic mass is 10.2. The number of aromatic nitrogens is 1. The first-order chi connectivity index (χ1) is 8.72. The standard InChI is InChI=1S/C13H14FN3O/c1-9-4-2-6-11(12(9)14)18-8-10-5-3-7-16-13(10)17-15/h2-7H,8,15H2,1H3,(H,16,17). The first kappa shape index (κ1) is 12.3. The van der Waals surface area contributed by atoms with E-state index in [1.54, 1.807) is 37.4 Å². The number of hydrogen-bond donors (Lipinski definition) is 2. The van der Waals surface area contributed by atoms with Crippen LogP contribution in [0.15, 0.2) is 36.5 Å².